The zero-order chi connectivity index (χ0) is 30.7. The van der Waals surface area contributed by atoms with Crippen LogP contribution in [0.4, 0.5) is 0 Å². The molecule has 0 bridgehead atoms. The first-order valence-electron chi connectivity index (χ1n) is 16.3. The van der Waals surface area contributed by atoms with Gasteiger partial charge in [-0.05, 0) is 92.3 Å². The third kappa shape index (κ3) is 27.8. The van der Waals surface area contributed by atoms with Crippen LogP contribution in [0.5, 0.6) is 0 Å². The van der Waals surface area contributed by atoms with Crippen LogP contribution in [-0.4, -0.2) is 49.7 Å². The van der Waals surface area contributed by atoms with Crippen molar-refractivity contribution in [1.29, 1.82) is 0 Å². The van der Waals surface area contributed by atoms with Crippen LogP contribution in [0.15, 0.2) is 46.6 Å². The molecule has 0 aliphatic heterocycles. The smallest absolute Gasteiger partial charge is 0.320 e. The Kier molecular flexibility index (Phi) is 25.3. The van der Waals surface area contributed by atoms with Gasteiger partial charge in [-0.25, -0.2) is 0 Å². The van der Waals surface area contributed by atoms with E-state index in [0.717, 1.165) is 38.5 Å². The minimum absolute atomic E-state index is 0.106. The van der Waals surface area contributed by atoms with Crippen LogP contribution >= 0.6 is 0 Å². The molecule has 0 spiro atoms. The molecule has 0 heterocycles. The van der Waals surface area contributed by atoms with E-state index in [1.54, 1.807) is 0 Å². The maximum atomic E-state index is 12.6. The molecule has 0 fully saturated rings. The summed E-state index contributed by atoms with van der Waals surface area (Å²) < 4.78 is 11.0. The predicted octanol–water partition coefficient (Wildman–Crippen LogP) is 9.68. The van der Waals surface area contributed by atoms with E-state index in [4.69, 9.17) is 9.47 Å². The average molecular weight is 574 g/mol. The number of unbranched alkanes of at least 4 members (excludes halogenated alkanes) is 9. The summed E-state index contributed by atoms with van der Waals surface area (Å²) in [6, 6.07) is 0. The predicted molar refractivity (Wildman–Crippen MR) is 175 cm³/mol. The monoisotopic (exact) mass is 573 g/mol. The number of hydrogen-bond donors (Lipinski definition) is 0. The Balaban J connectivity index is 4.66. The maximum Gasteiger partial charge on any atom is 0.320 e. The molecule has 5 nitrogen and oxygen atoms in total. The van der Waals surface area contributed by atoms with E-state index in [0.29, 0.717) is 6.54 Å². The Morgan fingerprint density at radius 1 is 0.561 bits per heavy atom. The fourth-order valence-corrected chi connectivity index (χ4v) is 4.43. The zero-order valence-electron chi connectivity index (χ0n) is 27.8. The Bertz CT molecular complexity index is 757. The molecule has 0 saturated carbocycles. The van der Waals surface area contributed by atoms with Crippen molar-refractivity contribution in [2.24, 2.45) is 0 Å². The van der Waals surface area contributed by atoms with Crippen LogP contribution < -0.4 is 0 Å². The van der Waals surface area contributed by atoms with Gasteiger partial charge < -0.3 is 9.47 Å². The van der Waals surface area contributed by atoms with Gasteiger partial charge in [0, 0.05) is 0 Å². The van der Waals surface area contributed by atoms with Gasteiger partial charge in [-0.2, -0.15) is 0 Å². The summed E-state index contributed by atoms with van der Waals surface area (Å²) in [5.74, 6) is -0.596. The highest BCUT2D eigenvalue weighted by Crippen LogP contribution is 2.12. The first kappa shape index (κ1) is 38.9. The van der Waals surface area contributed by atoms with E-state index >= 15 is 0 Å². The number of ether oxygens (including phenoxy) is 2. The van der Waals surface area contributed by atoms with Crippen LogP contribution in [0, 0.1) is 0 Å². The molecule has 0 unspecified atom stereocenters. The number of esters is 2. The van der Waals surface area contributed by atoms with Gasteiger partial charge in [-0.1, -0.05) is 99.2 Å². The minimum Gasteiger partial charge on any atom is -0.460 e. The Morgan fingerprint density at radius 2 is 0.951 bits per heavy atom. The van der Waals surface area contributed by atoms with Crippen molar-refractivity contribution in [1.82, 2.24) is 4.90 Å². The first-order valence-corrected chi connectivity index (χ1v) is 16.3. The number of nitrogens with zero attached hydrogens (tertiary/aromatic N) is 1. The number of carbonyl (C=O) groups is 2. The maximum absolute atomic E-state index is 12.6. The molecule has 0 amide bonds. The molecule has 0 radical (unpaired) electrons. The lowest BCUT2D eigenvalue weighted by Crippen LogP contribution is -2.37. The van der Waals surface area contributed by atoms with E-state index in [9.17, 15) is 9.59 Å². The van der Waals surface area contributed by atoms with Gasteiger partial charge in [0.25, 0.3) is 0 Å². The molecule has 0 atom stereocenters. The second kappa shape index (κ2) is 26.7. The van der Waals surface area contributed by atoms with Crippen LogP contribution in [0.25, 0.3) is 0 Å². The molecule has 0 aromatic carbocycles. The minimum atomic E-state index is -0.298. The molecule has 236 valence electrons. The Labute approximate surface area is 253 Å². The highest BCUT2D eigenvalue weighted by molar-refractivity contribution is 5.75. The van der Waals surface area contributed by atoms with Gasteiger partial charge in [0.1, 0.15) is 13.2 Å². The molecular formula is C36H63NO4. The fourth-order valence-electron chi connectivity index (χ4n) is 4.43. The van der Waals surface area contributed by atoms with Gasteiger partial charge in [-0.3, -0.25) is 14.5 Å². The number of allylic oxidation sites excluding steroid dienone is 6. The lowest BCUT2D eigenvalue weighted by atomic mass is 10.1. The first-order chi connectivity index (χ1) is 19.6. The SMILES string of the molecule is CCCCCCCCCCCCN(CC(=O)OCC=C(C)CCC=C(C)C)CC(=O)OCC=C(C)CCC=C(C)C. The van der Waals surface area contributed by atoms with Gasteiger partial charge in [-0.15, -0.1) is 0 Å². The van der Waals surface area contributed by atoms with Gasteiger partial charge >= 0.3 is 11.9 Å². The largest absolute Gasteiger partial charge is 0.460 e. The van der Waals surface area contributed by atoms with Crippen molar-refractivity contribution in [3.63, 3.8) is 0 Å². The van der Waals surface area contributed by atoms with Crippen molar-refractivity contribution >= 4 is 11.9 Å². The number of rotatable bonds is 25. The van der Waals surface area contributed by atoms with Crippen molar-refractivity contribution < 1.29 is 19.1 Å². The van der Waals surface area contributed by atoms with Crippen molar-refractivity contribution in [2.75, 3.05) is 32.8 Å². The van der Waals surface area contributed by atoms with Crippen LogP contribution in [-0.2, 0) is 19.1 Å². The van der Waals surface area contributed by atoms with Gasteiger partial charge in [0.15, 0.2) is 0 Å². The lowest BCUT2D eigenvalue weighted by Gasteiger charge is -2.20. The molecule has 0 saturated heterocycles. The van der Waals surface area contributed by atoms with Gasteiger partial charge in [0.05, 0.1) is 13.1 Å². The molecule has 0 N–H and O–H groups in total. The third-order valence-electron chi connectivity index (χ3n) is 7.07. The second-order valence-electron chi connectivity index (χ2n) is 12.0. The van der Waals surface area contributed by atoms with Crippen molar-refractivity contribution in [2.45, 2.75) is 138 Å². The molecular weight excluding hydrogens is 510 g/mol. The molecule has 41 heavy (non-hydrogen) atoms. The summed E-state index contributed by atoms with van der Waals surface area (Å²) in [6.07, 6.45) is 24.8. The van der Waals surface area contributed by atoms with Crippen LogP contribution in [0.2, 0.25) is 0 Å². The van der Waals surface area contributed by atoms with E-state index in [2.05, 4.69) is 60.6 Å². The van der Waals surface area contributed by atoms with E-state index < -0.39 is 0 Å². The standard InChI is InChI=1S/C36H63NO4/c1-8-9-10-11-12-13-14-15-16-17-26-37(29-35(38)40-27-24-33(6)22-18-20-31(2)3)30-36(39)41-28-25-34(7)23-19-21-32(4)5/h20-21,24-25H,8-19,22-23,26-30H2,1-7H3. The normalized spacial score (nSPS) is 11.9. The highest BCUT2D eigenvalue weighted by Gasteiger charge is 2.16. The lowest BCUT2D eigenvalue weighted by molar-refractivity contribution is -0.147. The highest BCUT2D eigenvalue weighted by atomic mass is 16.5. The average Bonchev–Trinajstić information content (AvgIpc) is 2.89. The summed E-state index contributed by atoms with van der Waals surface area (Å²) in [6.45, 7) is 16.2. The van der Waals surface area contributed by atoms with Crippen LogP contribution in [0.1, 0.15) is 138 Å². The summed E-state index contributed by atoms with van der Waals surface area (Å²) in [4.78, 5) is 27.1. The summed E-state index contributed by atoms with van der Waals surface area (Å²) >= 11 is 0. The Morgan fingerprint density at radius 3 is 1.34 bits per heavy atom. The van der Waals surface area contributed by atoms with Crippen LogP contribution in [0.3, 0.4) is 0 Å². The summed E-state index contributed by atoms with van der Waals surface area (Å²) in [7, 11) is 0. The molecule has 0 aliphatic carbocycles. The van der Waals surface area contributed by atoms with E-state index in [1.165, 1.54) is 73.7 Å². The summed E-state index contributed by atoms with van der Waals surface area (Å²) in [5.41, 5.74) is 5.06. The second-order valence-corrected chi connectivity index (χ2v) is 12.0. The van der Waals surface area contributed by atoms with Crippen molar-refractivity contribution in [3.8, 4) is 0 Å². The molecule has 0 aromatic heterocycles. The number of hydrogen-bond acceptors (Lipinski definition) is 5. The third-order valence-corrected chi connectivity index (χ3v) is 7.07. The molecule has 0 aromatic rings. The topological polar surface area (TPSA) is 55.8 Å². The quantitative estimate of drug-likeness (QED) is 0.0618. The number of carbonyl (C=O) groups excluding carboxylic acids is 2. The molecule has 5 heteroatoms. The summed E-state index contributed by atoms with van der Waals surface area (Å²) in [5, 5.41) is 0. The zero-order valence-corrected chi connectivity index (χ0v) is 27.8. The van der Waals surface area contributed by atoms with E-state index in [1.807, 2.05) is 17.1 Å². The van der Waals surface area contributed by atoms with E-state index in [-0.39, 0.29) is 38.2 Å². The van der Waals surface area contributed by atoms with Crippen molar-refractivity contribution in [3.05, 3.63) is 46.6 Å². The van der Waals surface area contributed by atoms with Gasteiger partial charge in [0.2, 0.25) is 0 Å². The fraction of sp³-hybridized carbons (Fsp3) is 0.722. The molecule has 0 aliphatic rings. The molecule has 0 rings (SSSR count). The Hall–Kier alpha value is -2.14.